The zero-order chi connectivity index (χ0) is 15.9. The SMILES string of the molecule is C=CCn1c(C)nnc1S[C@H](C)C(=O)NC1CCCCCC1. The topological polar surface area (TPSA) is 59.8 Å². The highest BCUT2D eigenvalue weighted by Gasteiger charge is 2.22. The number of carbonyl (C=O) groups is 1. The number of aryl methyl sites for hydroxylation is 1. The van der Waals surface area contributed by atoms with Crippen molar-refractivity contribution in [2.75, 3.05) is 0 Å². The van der Waals surface area contributed by atoms with E-state index in [9.17, 15) is 4.79 Å². The summed E-state index contributed by atoms with van der Waals surface area (Å²) in [4.78, 5) is 12.4. The Morgan fingerprint density at radius 1 is 1.41 bits per heavy atom. The number of allylic oxidation sites excluding steroid dienone is 1. The van der Waals surface area contributed by atoms with Crippen LogP contribution in [0.1, 0.15) is 51.3 Å². The maximum absolute atomic E-state index is 12.4. The Kier molecular flexibility index (Phi) is 6.49. The standard InChI is InChI=1S/C16H26N4OS/c1-4-11-20-13(3)18-19-16(20)22-12(2)15(21)17-14-9-7-5-6-8-10-14/h4,12,14H,1,5-11H2,2-3H3,(H,17,21)/t12-/m1/s1. The van der Waals surface area contributed by atoms with Crippen LogP contribution < -0.4 is 5.32 Å². The van der Waals surface area contributed by atoms with E-state index in [1.807, 2.05) is 24.5 Å². The molecule has 1 atom stereocenters. The van der Waals surface area contributed by atoms with E-state index in [0.717, 1.165) is 23.8 Å². The first-order chi connectivity index (χ1) is 10.6. The van der Waals surface area contributed by atoms with Gasteiger partial charge < -0.3 is 9.88 Å². The molecule has 6 heteroatoms. The van der Waals surface area contributed by atoms with Crippen molar-refractivity contribution in [1.29, 1.82) is 0 Å². The van der Waals surface area contributed by atoms with Crippen LogP contribution in [0.25, 0.3) is 0 Å². The quantitative estimate of drug-likeness (QED) is 0.497. The fraction of sp³-hybridized carbons (Fsp3) is 0.688. The van der Waals surface area contributed by atoms with Gasteiger partial charge in [-0.25, -0.2) is 0 Å². The second-order valence-electron chi connectivity index (χ2n) is 5.89. The molecule has 1 fully saturated rings. The molecular formula is C16H26N4OS. The number of nitrogens with zero attached hydrogens (tertiary/aromatic N) is 3. The van der Waals surface area contributed by atoms with Crippen LogP contribution >= 0.6 is 11.8 Å². The monoisotopic (exact) mass is 322 g/mol. The lowest BCUT2D eigenvalue weighted by Crippen LogP contribution is -2.39. The molecule has 122 valence electrons. The van der Waals surface area contributed by atoms with Gasteiger partial charge in [-0.1, -0.05) is 43.5 Å². The molecule has 0 spiro atoms. The molecule has 1 saturated carbocycles. The fourth-order valence-electron chi connectivity index (χ4n) is 2.74. The molecule has 1 aromatic rings. The van der Waals surface area contributed by atoms with Gasteiger partial charge in [-0.15, -0.1) is 16.8 Å². The van der Waals surface area contributed by atoms with Crippen LogP contribution in [-0.4, -0.2) is 32.0 Å². The number of carbonyl (C=O) groups excluding carboxylic acids is 1. The Morgan fingerprint density at radius 2 is 2.09 bits per heavy atom. The highest BCUT2D eigenvalue weighted by atomic mass is 32.2. The first-order valence-electron chi connectivity index (χ1n) is 8.09. The van der Waals surface area contributed by atoms with Crippen molar-refractivity contribution in [3.8, 4) is 0 Å². The van der Waals surface area contributed by atoms with E-state index in [1.54, 1.807) is 0 Å². The van der Waals surface area contributed by atoms with Crippen molar-refractivity contribution in [3.63, 3.8) is 0 Å². The molecule has 22 heavy (non-hydrogen) atoms. The number of thioether (sulfide) groups is 1. The summed E-state index contributed by atoms with van der Waals surface area (Å²) in [7, 11) is 0. The van der Waals surface area contributed by atoms with Gasteiger partial charge in [0.2, 0.25) is 5.91 Å². The number of nitrogens with one attached hydrogen (secondary N) is 1. The lowest BCUT2D eigenvalue weighted by atomic mass is 10.1. The number of amides is 1. The molecule has 0 unspecified atom stereocenters. The largest absolute Gasteiger partial charge is 0.352 e. The Bertz CT molecular complexity index is 506. The molecule has 0 radical (unpaired) electrons. The molecule has 0 aliphatic heterocycles. The van der Waals surface area contributed by atoms with E-state index in [0.29, 0.717) is 12.6 Å². The second-order valence-corrected chi connectivity index (χ2v) is 7.19. The Morgan fingerprint density at radius 3 is 2.73 bits per heavy atom. The minimum atomic E-state index is -0.171. The van der Waals surface area contributed by atoms with Gasteiger partial charge in [-0.2, -0.15) is 0 Å². The van der Waals surface area contributed by atoms with Gasteiger partial charge in [-0.05, 0) is 26.7 Å². The van der Waals surface area contributed by atoms with Crippen molar-refractivity contribution in [2.24, 2.45) is 0 Å². The number of hydrogen-bond donors (Lipinski definition) is 1. The summed E-state index contributed by atoms with van der Waals surface area (Å²) in [6.07, 6.45) is 9.06. The molecule has 1 amide bonds. The molecular weight excluding hydrogens is 296 g/mol. The van der Waals surface area contributed by atoms with Crippen LogP contribution in [-0.2, 0) is 11.3 Å². The van der Waals surface area contributed by atoms with Crippen LogP contribution in [0.3, 0.4) is 0 Å². The molecule has 0 aromatic carbocycles. The van der Waals surface area contributed by atoms with Gasteiger partial charge in [0.05, 0.1) is 5.25 Å². The van der Waals surface area contributed by atoms with Crippen molar-refractivity contribution in [1.82, 2.24) is 20.1 Å². The average molecular weight is 322 g/mol. The molecule has 1 aliphatic carbocycles. The maximum atomic E-state index is 12.4. The van der Waals surface area contributed by atoms with E-state index < -0.39 is 0 Å². The third-order valence-electron chi connectivity index (χ3n) is 4.07. The summed E-state index contributed by atoms with van der Waals surface area (Å²) in [6.45, 7) is 8.26. The van der Waals surface area contributed by atoms with E-state index in [2.05, 4.69) is 22.1 Å². The first kappa shape index (κ1) is 17.1. The molecule has 5 nitrogen and oxygen atoms in total. The van der Waals surface area contributed by atoms with Crippen molar-refractivity contribution in [3.05, 3.63) is 18.5 Å². The average Bonchev–Trinajstić information content (AvgIpc) is 2.70. The van der Waals surface area contributed by atoms with E-state index >= 15 is 0 Å². The van der Waals surface area contributed by atoms with E-state index in [1.165, 1.54) is 37.4 Å². The third-order valence-corrected chi connectivity index (χ3v) is 5.15. The smallest absolute Gasteiger partial charge is 0.233 e. The lowest BCUT2D eigenvalue weighted by Gasteiger charge is -2.19. The predicted octanol–water partition coefficient (Wildman–Crippen LogP) is 3.09. The second kappa shape index (κ2) is 8.36. The third kappa shape index (κ3) is 4.60. The molecule has 0 bridgehead atoms. The molecule has 1 aromatic heterocycles. The number of hydrogen-bond acceptors (Lipinski definition) is 4. The minimum absolute atomic E-state index is 0.0997. The molecule has 1 aliphatic rings. The van der Waals surface area contributed by atoms with Crippen LogP contribution in [0.15, 0.2) is 17.8 Å². The summed E-state index contributed by atoms with van der Waals surface area (Å²) < 4.78 is 1.98. The van der Waals surface area contributed by atoms with Crippen LogP contribution in [0.2, 0.25) is 0 Å². The summed E-state index contributed by atoms with van der Waals surface area (Å²) in [5, 5.41) is 12.1. The van der Waals surface area contributed by atoms with E-state index in [4.69, 9.17) is 0 Å². The summed E-state index contributed by atoms with van der Waals surface area (Å²) in [5.74, 6) is 0.946. The molecule has 2 rings (SSSR count). The zero-order valence-corrected chi connectivity index (χ0v) is 14.4. The van der Waals surface area contributed by atoms with Crippen molar-refractivity contribution in [2.45, 2.75) is 75.4 Å². The summed E-state index contributed by atoms with van der Waals surface area (Å²) >= 11 is 1.46. The first-order valence-corrected chi connectivity index (χ1v) is 8.97. The molecule has 1 heterocycles. The van der Waals surface area contributed by atoms with Crippen molar-refractivity contribution >= 4 is 17.7 Å². The van der Waals surface area contributed by atoms with Crippen LogP contribution in [0.5, 0.6) is 0 Å². The van der Waals surface area contributed by atoms with E-state index in [-0.39, 0.29) is 11.2 Å². The number of rotatable bonds is 6. The Hall–Kier alpha value is -1.30. The van der Waals surface area contributed by atoms with Gasteiger partial charge in [-0.3, -0.25) is 4.79 Å². The van der Waals surface area contributed by atoms with Gasteiger partial charge >= 0.3 is 0 Å². The van der Waals surface area contributed by atoms with Gasteiger partial charge in [0.25, 0.3) is 0 Å². The predicted molar refractivity (Wildman–Crippen MR) is 89.9 cm³/mol. The summed E-state index contributed by atoms with van der Waals surface area (Å²) in [5.41, 5.74) is 0. The minimum Gasteiger partial charge on any atom is -0.352 e. The number of aromatic nitrogens is 3. The highest BCUT2D eigenvalue weighted by Crippen LogP contribution is 2.23. The summed E-state index contributed by atoms with van der Waals surface area (Å²) in [6, 6.07) is 0.339. The lowest BCUT2D eigenvalue weighted by molar-refractivity contribution is -0.121. The Labute approximate surface area is 137 Å². The van der Waals surface area contributed by atoms with Crippen molar-refractivity contribution < 1.29 is 4.79 Å². The zero-order valence-electron chi connectivity index (χ0n) is 13.5. The Balaban J connectivity index is 1.91. The normalized spacial score (nSPS) is 17.7. The van der Waals surface area contributed by atoms with Gasteiger partial charge in [0, 0.05) is 12.6 Å². The van der Waals surface area contributed by atoms with Crippen LogP contribution in [0, 0.1) is 6.92 Å². The molecule has 1 N–H and O–H groups in total. The van der Waals surface area contributed by atoms with Gasteiger partial charge in [0.1, 0.15) is 5.82 Å². The highest BCUT2D eigenvalue weighted by molar-refractivity contribution is 8.00. The fourth-order valence-corrected chi connectivity index (χ4v) is 3.66. The van der Waals surface area contributed by atoms with Crippen LogP contribution in [0.4, 0.5) is 0 Å². The molecule has 0 saturated heterocycles. The van der Waals surface area contributed by atoms with Gasteiger partial charge in [0.15, 0.2) is 5.16 Å². The maximum Gasteiger partial charge on any atom is 0.233 e.